The summed E-state index contributed by atoms with van der Waals surface area (Å²) in [6.45, 7) is 6.77. The van der Waals surface area contributed by atoms with Crippen molar-refractivity contribution in [2.45, 2.75) is 45.4 Å². The zero-order valence-electron chi connectivity index (χ0n) is 10.1. The number of hydrogen-bond donors (Lipinski definition) is 1. The van der Waals surface area contributed by atoms with E-state index in [9.17, 15) is 0 Å². The fraction of sp³-hybridized carbons (Fsp3) is 1.00. The van der Waals surface area contributed by atoms with Gasteiger partial charge in [0.2, 0.25) is 0 Å². The highest BCUT2D eigenvalue weighted by Gasteiger charge is 2.26. The first-order valence-corrected chi connectivity index (χ1v) is 6.57. The molecule has 2 heteroatoms. The third kappa shape index (κ3) is 3.46. The van der Waals surface area contributed by atoms with Gasteiger partial charge in [-0.15, -0.1) is 0 Å². The van der Waals surface area contributed by atoms with Gasteiger partial charge in [0.1, 0.15) is 0 Å². The maximum atomic E-state index is 5.38. The summed E-state index contributed by atoms with van der Waals surface area (Å²) in [5.41, 5.74) is 0.581. The second-order valence-electron chi connectivity index (χ2n) is 5.73. The molecule has 1 aliphatic heterocycles. The van der Waals surface area contributed by atoms with Gasteiger partial charge in [-0.3, -0.25) is 0 Å². The summed E-state index contributed by atoms with van der Waals surface area (Å²) >= 11 is 0. The van der Waals surface area contributed by atoms with Crippen LogP contribution in [0, 0.1) is 11.3 Å². The molecule has 2 rings (SSSR count). The van der Waals surface area contributed by atoms with Crippen molar-refractivity contribution >= 4 is 0 Å². The summed E-state index contributed by atoms with van der Waals surface area (Å²) in [5.74, 6) is 0.775. The van der Waals surface area contributed by atoms with Gasteiger partial charge < -0.3 is 10.1 Å². The van der Waals surface area contributed by atoms with E-state index < -0.39 is 0 Å². The number of nitrogens with one attached hydrogen (secondary N) is 1. The van der Waals surface area contributed by atoms with Crippen molar-refractivity contribution in [2.75, 3.05) is 26.3 Å². The Morgan fingerprint density at radius 3 is 2.73 bits per heavy atom. The molecule has 15 heavy (non-hydrogen) atoms. The molecule has 0 bridgehead atoms. The van der Waals surface area contributed by atoms with Gasteiger partial charge >= 0.3 is 0 Å². The fourth-order valence-electron chi connectivity index (χ4n) is 2.90. The van der Waals surface area contributed by atoms with Gasteiger partial charge in [-0.25, -0.2) is 0 Å². The predicted octanol–water partition coefficient (Wildman–Crippen LogP) is 2.58. The minimum Gasteiger partial charge on any atom is -0.381 e. The summed E-state index contributed by atoms with van der Waals surface area (Å²) in [4.78, 5) is 0. The lowest BCUT2D eigenvalue weighted by Crippen LogP contribution is -2.36. The molecule has 1 aliphatic carbocycles. The molecule has 0 aromatic rings. The Hall–Kier alpha value is -0.0800. The monoisotopic (exact) mass is 211 g/mol. The van der Waals surface area contributed by atoms with Gasteiger partial charge in [0.05, 0.1) is 6.61 Å². The van der Waals surface area contributed by atoms with Crippen LogP contribution in [0.1, 0.15) is 45.4 Å². The largest absolute Gasteiger partial charge is 0.381 e. The Bertz CT molecular complexity index is 181. The van der Waals surface area contributed by atoms with Gasteiger partial charge in [-0.1, -0.05) is 26.2 Å². The van der Waals surface area contributed by atoms with Gasteiger partial charge in [0, 0.05) is 19.7 Å². The average Bonchev–Trinajstić information content (AvgIpc) is 2.71. The van der Waals surface area contributed by atoms with Crippen molar-refractivity contribution in [3.05, 3.63) is 0 Å². The van der Waals surface area contributed by atoms with E-state index in [1.54, 1.807) is 0 Å². The molecule has 1 heterocycles. The quantitative estimate of drug-likeness (QED) is 0.771. The van der Waals surface area contributed by atoms with Crippen LogP contribution in [0.2, 0.25) is 0 Å². The van der Waals surface area contributed by atoms with Crippen LogP contribution in [0.15, 0.2) is 0 Å². The van der Waals surface area contributed by atoms with Gasteiger partial charge in [-0.2, -0.15) is 0 Å². The molecule has 0 aromatic carbocycles. The highest BCUT2D eigenvalue weighted by Crippen LogP contribution is 2.34. The van der Waals surface area contributed by atoms with Gasteiger partial charge in [0.25, 0.3) is 0 Å². The summed E-state index contributed by atoms with van der Waals surface area (Å²) in [6.07, 6.45) is 8.41. The molecule has 2 fully saturated rings. The fourth-order valence-corrected chi connectivity index (χ4v) is 2.90. The van der Waals surface area contributed by atoms with Gasteiger partial charge in [0.15, 0.2) is 0 Å². The van der Waals surface area contributed by atoms with Crippen LogP contribution in [0.25, 0.3) is 0 Å². The van der Waals surface area contributed by atoms with Crippen LogP contribution in [0.4, 0.5) is 0 Å². The SMILES string of the molecule is CC1(CNCC2CCOC2)CCCCC1. The Morgan fingerprint density at radius 2 is 2.07 bits per heavy atom. The maximum absolute atomic E-state index is 5.38. The first-order chi connectivity index (χ1) is 7.29. The lowest BCUT2D eigenvalue weighted by Gasteiger charge is -2.34. The lowest BCUT2D eigenvalue weighted by atomic mass is 9.75. The number of hydrogen-bond acceptors (Lipinski definition) is 2. The Balaban J connectivity index is 1.63. The highest BCUT2D eigenvalue weighted by molar-refractivity contribution is 4.81. The molecule has 1 atom stereocenters. The molecule has 1 N–H and O–H groups in total. The summed E-state index contributed by atoms with van der Waals surface area (Å²) < 4.78 is 5.38. The molecule has 1 saturated carbocycles. The van der Waals surface area contributed by atoms with Crippen LogP contribution >= 0.6 is 0 Å². The summed E-state index contributed by atoms with van der Waals surface area (Å²) in [6, 6.07) is 0. The number of ether oxygens (including phenoxy) is 1. The van der Waals surface area contributed by atoms with E-state index in [2.05, 4.69) is 12.2 Å². The smallest absolute Gasteiger partial charge is 0.0507 e. The summed E-state index contributed by atoms with van der Waals surface area (Å²) in [7, 11) is 0. The van der Waals surface area contributed by atoms with Crippen LogP contribution < -0.4 is 5.32 Å². The van der Waals surface area contributed by atoms with Crippen molar-refractivity contribution in [1.29, 1.82) is 0 Å². The molecular weight excluding hydrogens is 186 g/mol. The van der Waals surface area contributed by atoms with Crippen molar-refractivity contribution in [2.24, 2.45) is 11.3 Å². The van der Waals surface area contributed by atoms with E-state index in [1.165, 1.54) is 45.1 Å². The molecule has 88 valence electrons. The molecule has 2 aliphatic rings. The molecule has 0 aromatic heterocycles. The minimum atomic E-state index is 0.581. The Morgan fingerprint density at radius 1 is 1.27 bits per heavy atom. The molecule has 0 spiro atoms. The molecule has 2 nitrogen and oxygen atoms in total. The minimum absolute atomic E-state index is 0.581. The van der Waals surface area contributed by atoms with E-state index in [4.69, 9.17) is 4.74 Å². The van der Waals surface area contributed by atoms with Crippen LogP contribution in [0.3, 0.4) is 0 Å². The highest BCUT2D eigenvalue weighted by atomic mass is 16.5. The third-order valence-electron chi connectivity index (χ3n) is 4.07. The third-order valence-corrected chi connectivity index (χ3v) is 4.07. The first-order valence-electron chi connectivity index (χ1n) is 6.57. The Labute approximate surface area is 93.8 Å². The topological polar surface area (TPSA) is 21.3 Å². The second-order valence-corrected chi connectivity index (χ2v) is 5.73. The van der Waals surface area contributed by atoms with Crippen LogP contribution in [-0.2, 0) is 4.74 Å². The van der Waals surface area contributed by atoms with Crippen molar-refractivity contribution in [3.8, 4) is 0 Å². The van der Waals surface area contributed by atoms with Crippen LogP contribution in [0.5, 0.6) is 0 Å². The lowest BCUT2D eigenvalue weighted by molar-refractivity contribution is 0.179. The molecule has 1 saturated heterocycles. The molecular formula is C13H25NO. The maximum Gasteiger partial charge on any atom is 0.0507 e. The molecule has 1 unspecified atom stereocenters. The normalized spacial score (nSPS) is 30.6. The van der Waals surface area contributed by atoms with E-state index in [-0.39, 0.29) is 0 Å². The van der Waals surface area contributed by atoms with Crippen molar-refractivity contribution in [3.63, 3.8) is 0 Å². The van der Waals surface area contributed by atoms with Crippen molar-refractivity contribution < 1.29 is 4.74 Å². The predicted molar refractivity (Wildman–Crippen MR) is 63.0 cm³/mol. The second kappa shape index (κ2) is 5.31. The first kappa shape index (κ1) is 11.4. The van der Waals surface area contributed by atoms with Gasteiger partial charge in [-0.05, 0) is 30.6 Å². The molecule has 0 amide bonds. The average molecular weight is 211 g/mol. The van der Waals surface area contributed by atoms with Crippen molar-refractivity contribution in [1.82, 2.24) is 5.32 Å². The zero-order valence-corrected chi connectivity index (χ0v) is 10.1. The zero-order chi connectivity index (χ0) is 10.6. The van der Waals surface area contributed by atoms with E-state index in [1.807, 2.05) is 0 Å². The number of rotatable bonds is 4. The Kier molecular flexibility index (Phi) is 4.04. The summed E-state index contributed by atoms with van der Waals surface area (Å²) in [5, 5.41) is 3.66. The molecule has 0 radical (unpaired) electrons. The van der Waals surface area contributed by atoms with E-state index in [0.29, 0.717) is 5.41 Å². The van der Waals surface area contributed by atoms with E-state index >= 15 is 0 Å². The van der Waals surface area contributed by atoms with Crippen LogP contribution in [-0.4, -0.2) is 26.3 Å². The van der Waals surface area contributed by atoms with E-state index in [0.717, 1.165) is 25.7 Å². The standard InChI is InChI=1S/C13H25NO/c1-13(6-3-2-4-7-13)11-14-9-12-5-8-15-10-12/h12,14H,2-11H2,1H3.